The van der Waals surface area contributed by atoms with E-state index in [0.717, 1.165) is 56.0 Å². The van der Waals surface area contributed by atoms with Gasteiger partial charge in [-0.3, -0.25) is 9.89 Å². The van der Waals surface area contributed by atoms with Crippen LogP contribution >= 0.6 is 0 Å². The summed E-state index contributed by atoms with van der Waals surface area (Å²) < 4.78 is 0. The van der Waals surface area contributed by atoms with Gasteiger partial charge in [-0.2, -0.15) is 5.10 Å². The molecule has 1 aromatic heterocycles. The zero-order chi connectivity index (χ0) is 20.2. The van der Waals surface area contributed by atoms with Crippen LogP contribution in [-0.4, -0.2) is 46.3 Å². The van der Waals surface area contributed by atoms with E-state index < -0.39 is 0 Å². The zero-order valence-electron chi connectivity index (χ0n) is 17.4. The first-order chi connectivity index (χ1) is 14.1. The molecule has 3 N–H and O–H groups in total. The van der Waals surface area contributed by atoms with Crippen molar-refractivity contribution in [2.24, 2.45) is 0 Å². The van der Waals surface area contributed by atoms with Crippen LogP contribution in [0.25, 0.3) is 0 Å². The molecule has 1 aliphatic heterocycles. The Morgan fingerprint density at radius 2 is 1.79 bits per heavy atom. The highest BCUT2D eigenvalue weighted by atomic mass is 16.1. The van der Waals surface area contributed by atoms with Gasteiger partial charge in [0.1, 0.15) is 5.82 Å². The number of amides is 1. The summed E-state index contributed by atoms with van der Waals surface area (Å²) in [6.45, 7) is 6.05. The summed E-state index contributed by atoms with van der Waals surface area (Å²) in [5, 5.41) is 14.0. The molecule has 0 radical (unpaired) electrons. The van der Waals surface area contributed by atoms with Crippen LogP contribution in [0, 0.1) is 6.92 Å². The van der Waals surface area contributed by atoms with Gasteiger partial charge in [0.25, 0.3) is 5.91 Å². The SMILES string of the molecule is Cc1nc(C(C)NC2CCN(c3ccc(C(=O)NC4CCCC4)cc3)CC2)n[nH]1. The third kappa shape index (κ3) is 4.96. The van der Waals surface area contributed by atoms with E-state index in [-0.39, 0.29) is 11.9 Å². The van der Waals surface area contributed by atoms with Gasteiger partial charge in [0, 0.05) is 36.4 Å². The number of H-pyrrole nitrogens is 1. The van der Waals surface area contributed by atoms with E-state index in [2.05, 4.69) is 49.8 Å². The van der Waals surface area contributed by atoms with Gasteiger partial charge < -0.3 is 15.5 Å². The molecule has 2 aromatic rings. The molecule has 4 rings (SSSR count). The summed E-state index contributed by atoms with van der Waals surface area (Å²) in [6.07, 6.45) is 6.84. The van der Waals surface area contributed by atoms with Gasteiger partial charge in [-0.15, -0.1) is 0 Å². The van der Waals surface area contributed by atoms with E-state index in [1.165, 1.54) is 18.5 Å². The maximum Gasteiger partial charge on any atom is 0.251 e. The lowest BCUT2D eigenvalue weighted by Gasteiger charge is -2.35. The van der Waals surface area contributed by atoms with Crippen LogP contribution in [0.15, 0.2) is 24.3 Å². The molecule has 1 amide bonds. The first kappa shape index (κ1) is 19.9. The Bertz CT molecular complexity index is 803. The van der Waals surface area contributed by atoms with Crippen molar-refractivity contribution in [3.8, 4) is 0 Å². The summed E-state index contributed by atoms with van der Waals surface area (Å²) in [5.41, 5.74) is 1.95. The van der Waals surface area contributed by atoms with E-state index in [1.54, 1.807) is 0 Å². The molecule has 0 bridgehead atoms. The maximum atomic E-state index is 12.4. The predicted molar refractivity (Wildman–Crippen MR) is 114 cm³/mol. The van der Waals surface area contributed by atoms with E-state index in [1.807, 2.05) is 19.1 Å². The van der Waals surface area contributed by atoms with Crippen molar-refractivity contribution in [3.05, 3.63) is 41.5 Å². The lowest BCUT2D eigenvalue weighted by atomic mass is 10.0. The molecule has 7 heteroatoms. The molecule has 29 heavy (non-hydrogen) atoms. The molecule has 0 spiro atoms. The molecule has 2 fully saturated rings. The Kier molecular flexibility index (Phi) is 6.13. The first-order valence-corrected chi connectivity index (χ1v) is 10.9. The normalized spacial score (nSPS) is 19.4. The predicted octanol–water partition coefficient (Wildman–Crippen LogP) is 3.11. The number of carbonyl (C=O) groups is 1. The minimum Gasteiger partial charge on any atom is -0.371 e. The minimum absolute atomic E-state index is 0.0579. The summed E-state index contributed by atoms with van der Waals surface area (Å²) in [5.74, 6) is 1.74. The fourth-order valence-corrected chi connectivity index (χ4v) is 4.45. The Morgan fingerprint density at radius 3 is 2.41 bits per heavy atom. The number of hydrogen-bond acceptors (Lipinski definition) is 5. The van der Waals surface area contributed by atoms with E-state index in [9.17, 15) is 4.79 Å². The van der Waals surface area contributed by atoms with Crippen LogP contribution in [0.4, 0.5) is 5.69 Å². The summed E-state index contributed by atoms with van der Waals surface area (Å²) in [4.78, 5) is 19.2. The number of aromatic amines is 1. The number of hydrogen-bond donors (Lipinski definition) is 3. The van der Waals surface area contributed by atoms with E-state index in [4.69, 9.17) is 0 Å². The van der Waals surface area contributed by atoms with Gasteiger partial charge in [-0.05, 0) is 63.8 Å². The summed E-state index contributed by atoms with van der Waals surface area (Å²) >= 11 is 0. The average Bonchev–Trinajstić information content (AvgIpc) is 3.40. The average molecular weight is 397 g/mol. The molecule has 156 valence electrons. The minimum atomic E-state index is 0.0579. The van der Waals surface area contributed by atoms with Crippen molar-refractivity contribution >= 4 is 11.6 Å². The second-order valence-corrected chi connectivity index (χ2v) is 8.43. The highest BCUT2D eigenvalue weighted by Gasteiger charge is 2.23. The molecule has 1 saturated heterocycles. The van der Waals surface area contributed by atoms with Crippen molar-refractivity contribution in [2.75, 3.05) is 18.0 Å². The molecule has 1 unspecified atom stereocenters. The fourth-order valence-electron chi connectivity index (χ4n) is 4.45. The van der Waals surface area contributed by atoms with E-state index >= 15 is 0 Å². The van der Waals surface area contributed by atoms with Crippen LogP contribution in [0.2, 0.25) is 0 Å². The van der Waals surface area contributed by atoms with Gasteiger partial charge in [-0.25, -0.2) is 4.98 Å². The Hall–Kier alpha value is -2.41. The topological polar surface area (TPSA) is 85.9 Å². The standard InChI is InChI=1S/C22H32N6O/c1-15(21-24-16(2)26-27-21)23-19-11-13-28(14-12-19)20-9-7-17(8-10-20)22(29)25-18-5-3-4-6-18/h7-10,15,18-19,23H,3-6,11-14H2,1-2H3,(H,25,29)(H,24,26,27). The number of benzene rings is 1. The number of aromatic nitrogens is 3. The van der Waals surface area contributed by atoms with Gasteiger partial charge in [-0.1, -0.05) is 12.8 Å². The van der Waals surface area contributed by atoms with Crippen LogP contribution in [-0.2, 0) is 0 Å². The van der Waals surface area contributed by atoms with Gasteiger partial charge in [0.15, 0.2) is 5.82 Å². The lowest BCUT2D eigenvalue weighted by Crippen LogP contribution is -2.43. The second-order valence-electron chi connectivity index (χ2n) is 8.43. The van der Waals surface area contributed by atoms with Gasteiger partial charge >= 0.3 is 0 Å². The maximum absolute atomic E-state index is 12.4. The number of rotatable bonds is 6. The second kappa shape index (κ2) is 8.95. The largest absolute Gasteiger partial charge is 0.371 e. The molecular weight excluding hydrogens is 364 g/mol. The molecule has 1 atom stereocenters. The fraction of sp³-hybridized carbons (Fsp3) is 0.591. The van der Waals surface area contributed by atoms with Crippen LogP contribution in [0.5, 0.6) is 0 Å². The number of carbonyl (C=O) groups excluding carboxylic acids is 1. The highest BCUT2D eigenvalue weighted by molar-refractivity contribution is 5.94. The molecule has 1 saturated carbocycles. The molecule has 1 aromatic carbocycles. The number of anilines is 1. The number of nitrogens with one attached hydrogen (secondary N) is 3. The Balaban J connectivity index is 1.26. The molecule has 2 heterocycles. The molecule has 1 aliphatic carbocycles. The summed E-state index contributed by atoms with van der Waals surface area (Å²) in [6, 6.07) is 9.05. The number of aryl methyl sites for hydroxylation is 1. The first-order valence-electron chi connectivity index (χ1n) is 10.9. The van der Waals surface area contributed by atoms with Crippen LogP contribution in [0.1, 0.15) is 73.5 Å². The molecular formula is C22H32N6O. The number of nitrogens with zero attached hydrogens (tertiary/aromatic N) is 3. The monoisotopic (exact) mass is 396 g/mol. The van der Waals surface area contributed by atoms with Gasteiger partial charge in [0.05, 0.1) is 6.04 Å². The highest BCUT2D eigenvalue weighted by Crippen LogP contribution is 2.23. The Morgan fingerprint density at radius 1 is 1.10 bits per heavy atom. The van der Waals surface area contributed by atoms with E-state index in [0.29, 0.717) is 12.1 Å². The summed E-state index contributed by atoms with van der Waals surface area (Å²) in [7, 11) is 0. The van der Waals surface area contributed by atoms with Crippen LogP contribution in [0.3, 0.4) is 0 Å². The van der Waals surface area contributed by atoms with Crippen LogP contribution < -0.4 is 15.5 Å². The quantitative estimate of drug-likeness (QED) is 0.699. The van der Waals surface area contributed by atoms with Crippen molar-refractivity contribution in [1.29, 1.82) is 0 Å². The number of piperidine rings is 1. The third-order valence-electron chi connectivity index (χ3n) is 6.17. The van der Waals surface area contributed by atoms with Crippen molar-refractivity contribution in [3.63, 3.8) is 0 Å². The molecule has 2 aliphatic rings. The van der Waals surface area contributed by atoms with Crippen molar-refractivity contribution < 1.29 is 4.79 Å². The lowest BCUT2D eigenvalue weighted by molar-refractivity contribution is 0.0938. The Labute approximate surface area is 172 Å². The zero-order valence-corrected chi connectivity index (χ0v) is 17.4. The van der Waals surface area contributed by atoms with Gasteiger partial charge in [0.2, 0.25) is 0 Å². The molecule has 7 nitrogen and oxygen atoms in total. The smallest absolute Gasteiger partial charge is 0.251 e. The van der Waals surface area contributed by atoms with Crippen molar-refractivity contribution in [1.82, 2.24) is 25.8 Å². The third-order valence-corrected chi connectivity index (χ3v) is 6.17. The van der Waals surface area contributed by atoms with Crippen molar-refractivity contribution in [2.45, 2.75) is 70.5 Å².